The molecule has 3 nitrogen and oxygen atoms in total. The van der Waals surface area contributed by atoms with Gasteiger partial charge in [0, 0.05) is 25.9 Å². The number of rotatable bonds is 7. The van der Waals surface area contributed by atoms with Gasteiger partial charge in [-0.1, -0.05) is 12.1 Å². The lowest BCUT2D eigenvalue weighted by Crippen LogP contribution is -2.35. The summed E-state index contributed by atoms with van der Waals surface area (Å²) in [5.41, 5.74) is 0.978. The standard InChI is InChI=1S/C18H22FNO2/c1-14(5-11-17-4-3-13-22-17)20(2)18(21)12-8-15-6-9-16(19)10-7-15/h3-4,6-7,9-10,13-14H,5,8,11-12H2,1-2H3/t14-/m0/s1. The van der Waals surface area contributed by atoms with E-state index in [-0.39, 0.29) is 17.8 Å². The molecule has 1 amide bonds. The van der Waals surface area contributed by atoms with Gasteiger partial charge in [-0.25, -0.2) is 4.39 Å². The number of amides is 1. The van der Waals surface area contributed by atoms with Gasteiger partial charge in [-0.15, -0.1) is 0 Å². The summed E-state index contributed by atoms with van der Waals surface area (Å²) < 4.78 is 18.1. The lowest BCUT2D eigenvalue weighted by atomic mass is 10.1. The summed E-state index contributed by atoms with van der Waals surface area (Å²) in [4.78, 5) is 14.0. The fourth-order valence-corrected chi connectivity index (χ4v) is 2.32. The minimum Gasteiger partial charge on any atom is -0.469 e. The Kier molecular flexibility index (Phi) is 5.75. The molecule has 0 aliphatic rings. The molecule has 0 aliphatic heterocycles. The molecule has 0 radical (unpaired) electrons. The minimum atomic E-state index is -0.251. The molecular formula is C18H22FNO2. The number of benzene rings is 1. The van der Waals surface area contributed by atoms with Gasteiger partial charge in [0.05, 0.1) is 6.26 Å². The van der Waals surface area contributed by atoms with Gasteiger partial charge in [-0.05, 0) is 49.6 Å². The fraction of sp³-hybridized carbons (Fsp3) is 0.389. The van der Waals surface area contributed by atoms with E-state index in [9.17, 15) is 9.18 Å². The van der Waals surface area contributed by atoms with Crippen molar-refractivity contribution < 1.29 is 13.6 Å². The number of aryl methyl sites for hydroxylation is 2. The third-order valence-corrected chi connectivity index (χ3v) is 3.98. The monoisotopic (exact) mass is 303 g/mol. The third kappa shape index (κ3) is 4.72. The lowest BCUT2D eigenvalue weighted by molar-refractivity contribution is -0.131. The van der Waals surface area contributed by atoms with Crippen molar-refractivity contribution in [2.45, 2.75) is 38.6 Å². The van der Waals surface area contributed by atoms with E-state index in [4.69, 9.17) is 4.42 Å². The Bertz CT molecular complexity index is 578. The zero-order valence-corrected chi connectivity index (χ0v) is 13.1. The maximum atomic E-state index is 12.8. The van der Waals surface area contributed by atoms with Crippen LogP contribution in [0, 0.1) is 5.82 Å². The Morgan fingerprint density at radius 2 is 1.95 bits per heavy atom. The molecule has 1 atom stereocenters. The third-order valence-electron chi connectivity index (χ3n) is 3.98. The molecule has 118 valence electrons. The molecule has 2 aromatic rings. The van der Waals surface area contributed by atoms with Gasteiger partial charge in [0.2, 0.25) is 5.91 Å². The van der Waals surface area contributed by atoms with Gasteiger partial charge in [0.15, 0.2) is 0 Å². The van der Waals surface area contributed by atoms with Gasteiger partial charge < -0.3 is 9.32 Å². The molecule has 0 saturated heterocycles. The van der Waals surface area contributed by atoms with E-state index in [1.807, 2.05) is 26.1 Å². The summed E-state index contributed by atoms with van der Waals surface area (Å²) in [7, 11) is 1.83. The van der Waals surface area contributed by atoms with Crippen LogP contribution in [0.3, 0.4) is 0 Å². The second kappa shape index (κ2) is 7.78. The first-order valence-corrected chi connectivity index (χ1v) is 7.58. The van der Waals surface area contributed by atoms with Crippen LogP contribution in [-0.4, -0.2) is 23.9 Å². The second-order valence-corrected chi connectivity index (χ2v) is 5.60. The molecule has 0 spiro atoms. The quantitative estimate of drug-likeness (QED) is 0.779. The van der Waals surface area contributed by atoms with Crippen LogP contribution in [0.25, 0.3) is 0 Å². The molecule has 1 aromatic carbocycles. The second-order valence-electron chi connectivity index (χ2n) is 5.60. The predicted molar refractivity (Wildman–Crippen MR) is 84.0 cm³/mol. The summed E-state index contributed by atoms with van der Waals surface area (Å²) in [6, 6.07) is 10.3. The van der Waals surface area contributed by atoms with E-state index < -0.39 is 0 Å². The van der Waals surface area contributed by atoms with E-state index in [2.05, 4.69) is 0 Å². The van der Waals surface area contributed by atoms with E-state index >= 15 is 0 Å². The molecule has 4 heteroatoms. The fourth-order valence-electron chi connectivity index (χ4n) is 2.32. The zero-order chi connectivity index (χ0) is 15.9. The summed E-state index contributed by atoms with van der Waals surface area (Å²) in [6.07, 6.45) is 4.43. The number of nitrogens with zero attached hydrogens (tertiary/aromatic N) is 1. The number of halogens is 1. The Morgan fingerprint density at radius 1 is 1.23 bits per heavy atom. The lowest BCUT2D eigenvalue weighted by Gasteiger charge is -2.25. The van der Waals surface area contributed by atoms with Gasteiger partial charge in [-0.2, -0.15) is 0 Å². The van der Waals surface area contributed by atoms with E-state index in [0.717, 1.165) is 24.2 Å². The first-order valence-electron chi connectivity index (χ1n) is 7.58. The molecule has 0 bridgehead atoms. The van der Waals surface area contributed by atoms with Crippen LogP contribution in [0.15, 0.2) is 47.1 Å². The van der Waals surface area contributed by atoms with Gasteiger partial charge >= 0.3 is 0 Å². The highest BCUT2D eigenvalue weighted by atomic mass is 19.1. The molecular weight excluding hydrogens is 281 g/mol. The molecule has 22 heavy (non-hydrogen) atoms. The highest BCUT2D eigenvalue weighted by Crippen LogP contribution is 2.12. The smallest absolute Gasteiger partial charge is 0.222 e. The van der Waals surface area contributed by atoms with Crippen LogP contribution in [-0.2, 0) is 17.6 Å². The summed E-state index contributed by atoms with van der Waals surface area (Å²) in [5, 5.41) is 0. The Labute approximate surface area is 130 Å². The first-order chi connectivity index (χ1) is 10.6. The molecule has 1 aromatic heterocycles. The van der Waals surface area contributed by atoms with Crippen LogP contribution in [0.2, 0.25) is 0 Å². The molecule has 0 aliphatic carbocycles. The van der Waals surface area contributed by atoms with Crippen molar-refractivity contribution in [1.82, 2.24) is 4.90 Å². The van der Waals surface area contributed by atoms with Gasteiger partial charge in [0.25, 0.3) is 0 Å². The van der Waals surface area contributed by atoms with Crippen molar-refractivity contribution >= 4 is 5.91 Å². The largest absolute Gasteiger partial charge is 0.469 e. The van der Waals surface area contributed by atoms with Crippen molar-refractivity contribution in [3.05, 3.63) is 59.8 Å². The van der Waals surface area contributed by atoms with E-state index in [0.29, 0.717) is 12.8 Å². The minimum absolute atomic E-state index is 0.108. The predicted octanol–water partition coefficient (Wildman–Crippen LogP) is 3.83. The zero-order valence-electron chi connectivity index (χ0n) is 13.1. The highest BCUT2D eigenvalue weighted by molar-refractivity contribution is 5.76. The number of hydrogen-bond donors (Lipinski definition) is 0. The SMILES string of the molecule is C[C@@H](CCc1ccco1)N(C)C(=O)CCc1ccc(F)cc1. The van der Waals surface area contributed by atoms with Gasteiger partial charge in [0.1, 0.15) is 11.6 Å². The van der Waals surface area contributed by atoms with Crippen LogP contribution in [0.5, 0.6) is 0 Å². The molecule has 0 saturated carbocycles. The van der Waals surface area contributed by atoms with Gasteiger partial charge in [-0.3, -0.25) is 4.79 Å². The average molecular weight is 303 g/mol. The summed E-state index contributed by atoms with van der Waals surface area (Å²) in [5.74, 6) is 0.800. The maximum Gasteiger partial charge on any atom is 0.222 e. The maximum absolute atomic E-state index is 12.8. The first kappa shape index (κ1) is 16.3. The van der Waals surface area contributed by atoms with Crippen molar-refractivity contribution in [2.24, 2.45) is 0 Å². The average Bonchev–Trinajstić information content (AvgIpc) is 3.04. The van der Waals surface area contributed by atoms with Crippen LogP contribution in [0.4, 0.5) is 4.39 Å². The van der Waals surface area contributed by atoms with Crippen LogP contribution < -0.4 is 0 Å². The molecule has 1 heterocycles. The van der Waals surface area contributed by atoms with Crippen molar-refractivity contribution in [3.8, 4) is 0 Å². The Morgan fingerprint density at radius 3 is 2.59 bits per heavy atom. The highest BCUT2D eigenvalue weighted by Gasteiger charge is 2.16. The van der Waals surface area contributed by atoms with Crippen LogP contribution >= 0.6 is 0 Å². The molecule has 0 fully saturated rings. The Hall–Kier alpha value is -2.10. The summed E-state index contributed by atoms with van der Waals surface area (Å²) in [6.45, 7) is 2.04. The van der Waals surface area contributed by atoms with Crippen molar-refractivity contribution in [1.29, 1.82) is 0 Å². The van der Waals surface area contributed by atoms with Crippen LogP contribution in [0.1, 0.15) is 31.1 Å². The van der Waals surface area contributed by atoms with E-state index in [1.54, 1.807) is 23.3 Å². The molecule has 0 unspecified atom stereocenters. The number of furan rings is 1. The topological polar surface area (TPSA) is 33.5 Å². The van der Waals surface area contributed by atoms with Crippen molar-refractivity contribution in [2.75, 3.05) is 7.05 Å². The molecule has 0 N–H and O–H groups in total. The number of hydrogen-bond acceptors (Lipinski definition) is 2. The Balaban J connectivity index is 1.76. The molecule has 2 rings (SSSR count). The summed E-state index contributed by atoms with van der Waals surface area (Å²) >= 11 is 0. The normalized spacial score (nSPS) is 12.1. The van der Waals surface area contributed by atoms with E-state index in [1.165, 1.54) is 12.1 Å². The number of carbonyl (C=O) groups is 1. The number of carbonyl (C=O) groups excluding carboxylic acids is 1. The van der Waals surface area contributed by atoms with Crippen molar-refractivity contribution in [3.63, 3.8) is 0 Å².